The van der Waals surface area contributed by atoms with Crippen LogP contribution in [0, 0.1) is 5.92 Å². The van der Waals surface area contributed by atoms with Gasteiger partial charge in [0.2, 0.25) is 13.8 Å². The van der Waals surface area contributed by atoms with Gasteiger partial charge in [-0.25, -0.2) is 13.1 Å². The van der Waals surface area contributed by atoms with E-state index in [9.17, 15) is 13.5 Å². The first-order valence-corrected chi connectivity index (χ1v) is 9.23. The van der Waals surface area contributed by atoms with E-state index >= 15 is 0 Å². The van der Waals surface area contributed by atoms with Crippen LogP contribution in [0.5, 0.6) is 0 Å². The molecule has 1 unspecified atom stereocenters. The van der Waals surface area contributed by atoms with Crippen molar-refractivity contribution in [2.45, 2.75) is 67.1 Å². The first-order valence-electron chi connectivity index (χ1n) is 6.61. The smallest absolute Gasteiger partial charge is 0.216 e. The summed E-state index contributed by atoms with van der Waals surface area (Å²) < 4.78 is 24.3. The Morgan fingerprint density at radius 1 is 1.10 bits per heavy atom. The van der Waals surface area contributed by atoms with Gasteiger partial charge in [-0.3, -0.25) is 0 Å². The van der Waals surface area contributed by atoms with Crippen LogP contribution in [0.15, 0.2) is 0 Å². The van der Waals surface area contributed by atoms with Gasteiger partial charge >= 0.3 is 0 Å². The van der Waals surface area contributed by atoms with Crippen molar-refractivity contribution < 1.29 is 13.5 Å². The summed E-state index contributed by atoms with van der Waals surface area (Å²) in [7, 11) is -3.35. The maximum Gasteiger partial charge on any atom is 0.216 e. The summed E-state index contributed by atoms with van der Waals surface area (Å²) in [5.74, 6) is -0.113. The van der Waals surface area contributed by atoms with Crippen molar-refractivity contribution >= 4 is 44.8 Å². The van der Waals surface area contributed by atoms with Crippen LogP contribution in [0.25, 0.3) is 0 Å². The molecule has 4 nitrogen and oxygen atoms in total. The average Bonchev–Trinajstić information content (AvgIpc) is 2.26. The zero-order valence-corrected chi connectivity index (χ0v) is 15.0. The highest BCUT2D eigenvalue weighted by atomic mass is 35.6. The molecule has 1 atom stereocenters. The SMILES string of the molecule is CC(C)(C)S(=O)(=O)NC1CCC(C(O)C(Cl)(Cl)Cl)CC1. The Balaban J connectivity index is 2.56. The molecule has 8 heteroatoms. The van der Waals surface area contributed by atoms with Crippen molar-refractivity contribution in [2.24, 2.45) is 5.92 Å². The Bertz CT molecular complexity index is 420. The molecule has 1 saturated carbocycles. The molecule has 2 N–H and O–H groups in total. The van der Waals surface area contributed by atoms with Crippen molar-refractivity contribution in [3.8, 4) is 0 Å². The summed E-state index contributed by atoms with van der Waals surface area (Å²) >= 11 is 17.1. The number of nitrogens with one attached hydrogen (secondary N) is 1. The van der Waals surface area contributed by atoms with E-state index < -0.39 is 24.7 Å². The molecule has 0 aliphatic heterocycles. The second kappa shape index (κ2) is 6.47. The quantitative estimate of drug-likeness (QED) is 0.755. The summed E-state index contributed by atoms with van der Waals surface area (Å²) in [6.45, 7) is 4.98. The van der Waals surface area contributed by atoms with Crippen molar-refractivity contribution in [1.29, 1.82) is 0 Å². The molecule has 0 saturated heterocycles. The van der Waals surface area contributed by atoms with Crippen LogP contribution in [0.2, 0.25) is 0 Å². The van der Waals surface area contributed by atoms with E-state index in [0.29, 0.717) is 25.7 Å². The highest BCUT2D eigenvalue weighted by Crippen LogP contribution is 2.39. The molecule has 0 amide bonds. The third kappa shape index (κ3) is 4.89. The second-order valence-corrected chi connectivity index (χ2v) is 11.2. The van der Waals surface area contributed by atoms with Gasteiger partial charge in [0.1, 0.15) is 6.10 Å². The van der Waals surface area contributed by atoms with Gasteiger partial charge < -0.3 is 5.11 Å². The Morgan fingerprint density at radius 2 is 1.55 bits per heavy atom. The topological polar surface area (TPSA) is 66.4 Å². The minimum absolute atomic E-state index is 0.113. The first-order chi connectivity index (χ1) is 8.84. The van der Waals surface area contributed by atoms with Crippen LogP contribution in [-0.4, -0.2) is 34.2 Å². The third-order valence-electron chi connectivity index (χ3n) is 3.68. The number of rotatable bonds is 3. The summed E-state index contributed by atoms with van der Waals surface area (Å²) in [6, 6.07) is -0.113. The molecule has 0 aromatic carbocycles. The normalized spacial score (nSPS) is 27.4. The molecule has 0 aromatic heterocycles. The third-order valence-corrected chi connectivity index (χ3v) is 6.61. The maximum absolute atomic E-state index is 12.1. The van der Waals surface area contributed by atoms with Crippen molar-refractivity contribution in [1.82, 2.24) is 4.72 Å². The minimum Gasteiger partial charge on any atom is -0.388 e. The van der Waals surface area contributed by atoms with E-state index in [-0.39, 0.29) is 12.0 Å². The standard InChI is InChI=1S/C12H22Cl3NO3S/c1-11(2,3)20(18,19)16-9-6-4-8(5-7-9)10(17)12(13,14)15/h8-10,16-17H,4-7H2,1-3H3. The highest BCUT2D eigenvalue weighted by Gasteiger charge is 2.40. The molecule has 0 radical (unpaired) electrons. The summed E-state index contributed by atoms with van der Waals surface area (Å²) in [5, 5.41) is 9.92. The summed E-state index contributed by atoms with van der Waals surface area (Å²) in [5.41, 5.74) is 0. The Labute approximate surface area is 136 Å². The predicted molar refractivity (Wildman–Crippen MR) is 83.9 cm³/mol. The zero-order valence-electron chi connectivity index (χ0n) is 11.9. The van der Waals surface area contributed by atoms with Crippen LogP contribution >= 0.6 is 34.8 Å². The number of sulfonamides is 1. The first kappa shape index (κ1) is 18.8. The molecular weight excluding hydrogens is 345 g/mol. The van der Waals surface area contributed by atoms with E-state index in [1.165, 1.54) is 0 Å². The lowest BCUT2D eigenvalue weighted by atomic mass is 9.83. The molecule has 120 valence electrons. The Kier molecular flexibility index (Phi) is 6.08. The number of aliphatic hydroxyl groups excluding tert-OH is 1. The minimum atomic E-state index is -3.35. The van der Waals surface area contributed by atoms with Gasteiger partial charge in [0.25, 0.3) is 0 Å². The van der Waals surface area contributed by atoms with Gasteiger partial charge in [0, 0.05) is 6.04 Å². The molecule has 0 heterocycles. The van der Waals surface area contributed by atoms with Crippen LogP contribution in [-0.2, 0) is 10.0 Å². The Hall–Kier alpha value is 0.740. The number of hydrogen-bond acceptors (Lipinski definition) is 3. The lowest BCUT2D eigenvalue weighted by Gasteiger charge is -2.35. The van der Waals surface area contributed by atoms with Crippen LogP contribution in [0.1, 0.15) is 46.5 Å². The van der Waals surface area contributed by atoms with Crippen molar-refractivity contribution in [3.05, 3.63) is 0 Å². The van der Waals surface area contributed by atoms with Gasteiger partial charge in [-0.15, -0.1) is 0 Å². The van der Waals surface area contributed by atoms with Gasteiger partial charge in [-0.1, -0.05) is 34.8 Å². The van der Waals surface area contributed by atoms with Gasteiger partial charge in [-0.05, 0) is 52.4 Å². The Morgan fingerprint density at radius 3 is 1.90 bits per heavy atom. The maximum atomic E-state index is 12.1. The van der Waals surface area contributed by atoms with Gasteiger partial charge in [0.15, 0.2) is 0 Å². The largest absolute Gasteiger partial charge is 0.388 e. The second-order valence-electron chi connectivity index (χ2n) is 6.33. The van der Waals surface area contributed by atoms with Gasteiger partial charge in [-0.2, -0.15) is 0 Å². The van der Waals surface area contributed by atoms with Crippen molar-refractivity contribution in [2.75, 3.05) is 0 Å². The van der Waals surface area contributed by atoms with E-state index in [1.54, 1.807) is 20.8 Å². The fourth-order valence-corrected chi connectivity index (χ4v) is 3.78. The van der Waals surface area contributed by atoms with Crippen molar-refractivity contribution in [3.63, 3.8) is 0 Å². The average molecular weight is 367 g/mol. The van der Waals surface area contributed by atoms with Gasteiger partial charge in [0.05, 0.1) is 4.75 Å². The number of aliphatic hydroxyl groups is 1. The molecule has 0 spiro atoms. The van der Waals surface area contributed by atoms with E-state index in [0.717, 1.165) is 0 Å². The lowest BCUT2D eigenvalue weighted by molar-refractivity contribution is 0.0833. The predicted octanol–water partition coefficient (Wildman–Crippen LogP) is 2.99. The number of hydrogen-bond donors (Lipinski definition) is 2. The van der Waals surface area contributed by atoms with Crippen LogP contribution in [0.4, 0.5) is 0 Å². The molecule has 1 rings (SSSR count). The highest BCUT2D eigenvalue weighted by molar-refractivity contribution is 7.90. The monoisotopic (exact) mass is 365 g/mol. The molecule has 1 aliphatic carbocycles. The summed E-state index contributed by atoms with van der Waals surface area (Å²) in [4.78, 5) is 0. The molecule has 20 heavy (non-hydrogen) atoms. The summed E-state index contributed by atoms with van der Waals surface area (Å²) in [6.07, 6.45) is 1.52. The molecule has 0 aromatic rings. The molecule has 1 aliphatic rings. The molecule has 1 fully saturated rings. The molecule has 0 bridgehead atoms. The molecular formula is C12H22Cl3NO3S. The van der Waals surface area contributed by atoms with Crippen LogP contribution < -0.4 is 4.72 Å². The van der Waals surface area contributed by atoms with E-state index in [1.807, 2.05) is 0 Å². The number of halogens is 3. The fraction of sp³-hybridized carbons (Fsp3) is 1.00. The van der Waals surface area contributed by atoms with Crippen LogP contribution in [0.3, 0.4) is 0 Å². The number of alkyl halides is 3. The van der Waals surface area contributed by atoms with E-state index in [2.05, 4.69) is 4.72 Å². The fourth-order valence-electron chi connectivity index (χ4n) is 2.22. The lowest BCUT2D eigenvalue weighted by Crippen LogP contribution is -2.47. The van der Waals surface area contributed by atoms with E-state index in [4.69, 9.17) is 34.8 Å². The zero-order chi connectivity index (χ0) is 15.8.